The molecule has 5 nitrogen and oxygen atoms in total. The second-order valence-corrected chi connectivity index (χ2v) is 9.32. The first-order valence-electron chi connectivity index (χ1n) is 9.16. The van der Waals surface area contributed by atoms with Gasteiger partial charge in [0.25, 0.3) is 0 Å². The monoisotopic (exact) mass is 365 g/mol. The fourth-order valence-electron chi connectivity index (χ4n) is 3.13. The van der Waals surface area contributed by atoms with E-state index in [1.54, 1.807) is 0 Å². The van der Waals surface area contributed by atoms with Crippen molar-refractivity contribution in [2.24, 2.45) is 10.9 Å². The molecule has 6 heteroatoms. The highest BCUT2D eigenvalue weighted by atomic mass is 32.2. The van der Waals surface area contributed by atoms with Gasteiger partial charge in [0.2, 0.25) is 0 Å². The van der Waals surface area contributed by atoms with Crippen LogP contribution in [0.1, 0.15) is 50.7 Å². The normalized spacial score (nSPS) is 21.8. The highest BCUT2D eigenvalue weighted by Crippen LogP contribution is 2.23. The number of guanidine groups is 1. The Morgan fingerprint density at radius 1 is 1.12 bits per heavy atom. The molecule has 0 aliphatic heterocycles. The number of aliphatic imine (C=N–C) groups is 1. The highest BCUT2D eigenvalue weighted by Gasteiger charge is 2.18. The van der Waals surface area contributed by atoms with E-state index in [1.165, 1.54) is 31.9 Å². The fourth-order valence-corrected chi connectivity index (χ4v) is 3.93. The van der Waals surface area contributed by atoms with E-state index in [2.05, 4.69) is 29.5 Å². The maximum atomic E-state index is 11.3. The zero-order valence-electron chi connectivity index (χ0n) is 15.6. The van der Waals surface area contributed by atoms with E-state index in [1.807, 2.05) is 24.3 Å². The molecule has 0 saturated heterocycles. The van der Waals surface area contributed by atoms with Crippen molar-refractivity contribution < 1.29 is 8.42 Å². The molecule has 0 radical (unpaired) electrons. The number of nitrogens with zero attached hydrogens (tertiary/aromatic N) is 1. The van der Waals surface area contributed by atoms with Gasteiger partial charge in [-0.15, -0.1) is 0 Å². The first-order chi connectivity index (χ1) is 11.9. The van der Waals surface area contributed by atoms with Gasteiger partial charge in [-0.25, -0.2) is 13.4 Å². The van der Waals surface area contributed by atoms with Crippen molar-refractivity contribution in [2.45, 2.75) is 57.9 Å². The number of hydrogen-bond donors (Lipinski definition) is 2. The Balaban J connectivity index is 1.93. The molecule has 0 heterocycles. The second-order valence-electron chi connectivity index (χ2n) is 7.18. The lowest BCUT2D eigenvalue weighted by atomic mass is 9.87. The summed E-state index contributed by atoms with van der Waals surface area (Å²) in [4.78, 5) is 4.68. The quantitative estimate of drug-likeness (QED) is 0.601. The first kappa shape index (κ1) is 19.8. The molecule has 0 amide bonds. The molecule has 140 valence electrons. The summed E-state index contributed by atoms with van der Waals surface area (Å²) in [5, 5.41) is 6.86. The minimum atomic E-state index is -2.99. The summed E-state index contributed by atoms with van der Waals surface area (Å²) in [6.45, 7) is 5.81. The Kier molecular flexibility index (Phi) is 7.29. The smallest absolute Gasteiger partial charge is 0.191 e. The molecule has 0 bridgehead atoms. The van der Waals surface area contributed by atoms with E-state index < -0.39 is 9.84 Å². The van der Waals surface area contributed by atoms with E-state index >= 15 is 0 Å². The van der Waals surface area contributed by atoms with Gasteiger partial charge in [-0.05, 0) is 49.7 Å². The van der Waals surface area contributed by atoms with E-state index in [0.29, 0.717) is 12.6 Å². The molecule has 2 N–H and O–H groups in total. The van der Waals surface area contributed by atoms with Gasteiger partial charge in [0, 0.05) is 18.8 Å². The molecule has 1 aliphatic carbocycles. The Hall–Kier alpha value is -1.56. The number of benzene rings is 1. The minimum Gasteiger partial charge on any atom is -0.357 e. The van der Waals surface area contributed by atoms with Gasteiger partial charge in [0.1, 0.15) is 0 Å². The molecule has 0 aromatic heterocycles. The van der Waals surface area contributed by atoms with Gasteiger partial charge in [0.15, 0.2) is 15.8 Å². The molecule has 1 aliphatic rings. The van der Waals surface area contributed by atoms with Crippen LogP contribution >= 0.6 is 0 Å². The molecule has 1 saturated carbocycles. The fraction of sp³-hybridized carbons (Fsp3) is 0.632. The lowest BCUT2D eigenvalue weighted by molar-refractivity contribution is 0.329. The van der Waals surface area contributed by atoms with Crippen molar-refractivity contribution >= 4 is 15.8 Å². The molecule has 1 fully saturated rings. The van der Waals surface area contributed by atoms with Gasteiger partial charge >= 0.3 is 0 Å². The average molecular weight is 366 g/mol. The van der Waals surface area contributed by atoms with Crippen LogP contribution in [0.3, 0.4) is 0 Å². The molecule has 0 atom stereocenters. The van der Waals surface area contributed by atoms with Crippen LogP contribution in [0.15, 0.2) is 29.3 Å². The second kappa shape index (κ2) is 9.22. The zero-order valence-corrected chi connectivity index (χ0v) is 16.4. The summed E-state index contributed by atoms with van der Waals surface area (Å²) in [6, 6.07) is 8.15. The summed E-state index contributed by atoms with van der Waals surface area (Å²) in [6.07, 6.45) is 6.21. The standard InChI is InChI=1S/C19H31N3O2S/c1-4-20-19(22-18-11-5-15(2)6-12-18)21-13-16-7-9-17(10-8-16)14-25(3,23)24/h7-10,15,18H,4-6,11-14H2,1-3H3,(H2,20,21,22). The van der Waals surface area contributed by atoms with Crippen molar-refractivity contribution in [3.63, 3.8) is 0 Å². The van der Waals surface area contributed by atoms with E-state index in [0.717, 1.165) is 29.5 Å². The molecule has 25 heavy (non-hydrogen) atoms. The molecule has 0 spiro atoms. The SMILES string of the molecule is CCNC(=NCc1ccc(CS(C)(=O)=O)cc1)NC1CCC(C)CC1. The molecule has 0 unspecified atom stereocenters. The minimum absolute atomic E-state index is 0.0842. The van der Waals surface area contributed by atoms with Crippen LogP contribution in [-0.2, 0) is 22.1 Å². The topological polar surface area (TPSA) is 70.6 Å². The Bertz CT molecular complexity index is 660. The molecule has 1 aromatic carbocycles. The van der Waals surface area contributed by atoms with Gasteiger partial charge < -0.3 is 10.6 Å². The molecule has 1 aromatic rings. The summed E-state index contributed by atoms with van der Waals surface area (Å²) in [7, 11) is -2.99. The number of sulfone groups is 1. The van der Waals surface area contributed by atoms with Crippen molar-refractivity contribution in [3.05, 3.63) is 35.4 Å². The van der Waals surface area contributed by atoms with Crippen LogP contribution in [-0.4, -0.2) is 33.2 Å². The molecule has 2 rings (SSSR count). The van der Waals surface area contributed by atoms with Crippen LogP contribution in [0.5, 0.6) is 0 Å². The van der Waals surface area contributed by atoms with Gasteiger partial charge in [-0.1, -0.05) is 31.2 Å². The summed E-state index contributed by atoms with van der Waals surface area (Å²) in [5.41, 5.74) is 1.89. The third kappa shape index (κ3) is 7.46. The first-order valence-corrected chi connectivity index (χ1v) is 11.2. The maximum Gasteiger partial charge on any atom is 0.191 e. The molecular weight excluding hydrogens is 334 g/mol. The third-order valence-electron chi connectivity index (χ3n) is 4.57. The van der Waals surface area contributed by atoms with Crippen LogP contribution in [0.2, 0.25) is 0 Å². The van der Waals surface area contributed by atoms with Crippen molar-refractivity contribution in [1.82, 2.24) is 10.6 Å². The predicted molar refractivity (Wildman–Crippen MR) is 104 cm³/mol. The Labute approximate surface area is 152 Å². The lowest BCUT2D eigenvalue weighted by Gasteiger charge is -2.28. The number of nitrogens with one attached hydrogen (secondary N) is 2. The van der Waals surface area contributed by atoms with Crippen LogP contribution in [0.25, 0.3) is 0 Å². The molecular formula is C19H31N3O2S. The number of hydrogen-bond acceptors (Lipinski definition) is 3. The predicted octanol–water partition coefficient (Wildman–Crippen LogP) is 2.87. The van der Waals surface area contributed by atoms with E-state index in [-0.39, 0.29) is 5.75 Å². The van der Waals surface area contributed by atoms with Crippen LogP contribution < -0.4 is 10.6 Å². The van der Waals surface area contributed by atoms with E-state index in [9.17, 15) is 8.42 Å². The summed E-state index contributed by atoms with van der Waals surface area (Å²) < 4.78 is 22.7. The highest BCUT2D eigenvalue weighted by molar-refractivity contribution is 7.89. The van der Waals surface area contributed by atoms with E-state index in [4.69, 9.17) is 0 Å². The Morgan fingerprint density at radius 2 is 1.72 bits per heavy atom. The van der Waals surface area contributed by atoms with Crippen LogP contribution in [0, 0.1) is 5.92 Å². The maximum absolute atomic E-state index is 11.3. The number of rotatable bonds is 6. The summed E-state index contributed by atoms with van der Waals surface area (Å²) in [5.74, 6) is 1.78. The third-order valence-corrected chi connectivity index (χ3v) is 5.43. The zero-order chi connectivity index (χ0) is 18.3. The van der Waals surface area contributed by atoms with Crippen molar-refractivity contribution in [2.75, 3.05) is 12.8 Å². The van der Waals surface area contributed by atoms with Gasteiger partial charge in [0.05, 0.1) is 12.3 Å². The Morgan fingerprint density at radius 3 is 2.28 bits per heavy atom. The van der Waals surface area contributed by atoms with Gasteiger partial charge in [-0.3, -0.25) is 0 Å². The van der Waals surface area contributed by atoms with Crippen molar-refractivity contribution in [3.8, 4) is 0 Å². The van der Waals surface area contributed by atoms with Gasteiger partial charge in [-0.2, -0.15) is 0 Å². The lowest BCUT2D eigenvalue weighted by Crippen LogP contribution is -2.44. The largest absolute Gasteiger partial charge is 0.357 e. The van der Waals surface area contributed by atoms with Crippen molar-refractivity contribution in [1.29, 1.82) is 0 Å². The summed E-state index contributed by atoms with van der Waals surface area (Å²) >= 11 is 0. The van der Waals surface area contributed by atoms with Crippen LogP contribution in [0.4, 0.5) is 0 Å². The average Bonchev–Trinajstić information content (AvgIpc) is 2.55.